The van der Waals surface area contributed by atoms with E-state index in [1.165, 1.54) is 19.4 Å². The number of carboxylic acids is 1. The molecule has 0 aliphatic rings. The highest BCUT2D eigenvalue weighted by atomic mass is 16.4. The number of H-pyrrole nitrogens is 2. The van der Waals surface area contributed by atoms with Crippen LogP contribution in [0.15, 0.2) is 43.0 Å². The zero-order chi connectivity index (χ0) is 27.8. The molecule has 1 aromatic carbocycles. The van der Waals surface area contributed by atoms with Crippen molar-refractivity contribution in [2.45, 2.75) is 50.0 Å². The van der Waals surface area contributed by atoms with Gasteiger partial charge in [-0.3, -0.25) is 14.4 Å². The minimum Gasteiger partial charge on any atom is -0.480 e. The molecule has 3 amide bonds. The van der Waals surface area contributed by atoms with Gasteiger partial charge < -0.3 is 47.0 Å². The van der Waals surface area contributed by atoms with E-state index in [2.05, 4.69) is 30.9 Å². The summed E-state index contributed by atoms with van der Waals surface area (Å²) in [6.07, 6.45) is 2.92. The van der Waals surface area contributed by atoms with E-state index in [1.807, 2.05) is 18.2 Å². The molecule has 204 valence electrons. The first kappa shape index (κ1) is 28.3. The zero-order valence-corrected chi connectivity index (χ0v) is 20.5. The number of rotatable bonds is 13. The van der Waals surface area contributed by atoms with Crippen LogP contribution in [0.4, 0.5) is 0 Å². The quantitative estimate of drug-likeness (QED) is 0.118. The predicted octanol–water partition coefficient (Wildman–Crippen LogP) is -2.08. The number of hydrogen-bond donors (Lipinski definition) is 9. The molecule has 5 unspecified atom stereocenters. The Morgan fingerprint density at radius 3 is 2.34 bits per heavy atom. The Labute approximate surface area is 217 Å². The van der Waals surface area contributed by atoms with E-state index in [0.717, 1.165) is 10.9 Å². The maximum Gasteiger partial charge on any atom is 0.326 e. The smallest absolute Gasteiger partial charge is 0.326 e. The van der Waals surface area contributed by atoms with Crippen LogP contribution in [0.2, 0.25) is 0 Å². The Hall–Kier alpha value is -4.27. The number of aromatic amines is 2. The van der Waals surface area contributed by atoms with Crippen molar-refractivity contribution < 1.29 is 34.5 Å². The fraction of sp³-hybridized carbons (Fsp3) is 0.375. The number of benzene rings is 1. The minimum atomic E-state index is -1.54. The number of aliphatic hydroxyl groups excluding tert-OH is 2. The molecule has 14 heteroatoms. The van der Waals surface area contributed by atoms with Crippen molar-refractivity contribution >= 4 is 34.6 Å². The number of carbonyl (C=O) groups is 4. The molecule has 3 rings (SSSR count). The monoisotopic (exact) mass is 529 g/mol. The number of imidazole rings is 1. The Morgan fingerprint density at radius 1 is 1.00 bits per heavy atom. The topological polar surface area (TPSA) is 236 Å². The van der Waals surface area contributed by atoms with Crippen LogP contribution < -0.4 is 21.7 Å². The maximum absolute atomic E-state index is 13.1. The standard InChI is InChI=1S/C24H31N7O7/c1-12(33)20(31-22(35)18(7-14-9-26-11-28-14)29-21(34)16(25)10-32)23(36)30-19(24(37)38)6-13-8-27-17-5-3-2-4-15(13)17/h2-5,8-9,11-12,16,18-20,27,32-33H,6-7,10,25H2,1H3,(H,26,28)(H,29,34)(H,30,36)(H,31,35)(H,37,38). The van der Waals surface area contributed by atoms with Crippen molar-refractivity contribution in [1.29, 1.82) is 0 Å². The van der Waals surface area contributed by atoms with Gasteiger partial charge in [0.15, 0.2) is 0 Å². The van der Waals surface area contributed by atoms with Gasteiger partial charge in [0.1, 0.15) is 24.2 Å². The highest BCUT2D eigenvalue weighted by Crippen LogP contribution is 2.19. The van der Waals surface area contributed by atoms with Crippen molar-refractivity contribution in [2.24, 2.45) is 5.73 Å². The number of aliphatic hydroxyl groups is 2. The first-order valence-electron chi connectivity index (χ1n) is 11.8. The zero-order valence-electron chi connectivity index (χ0n) is 20.5. The van der Waals surface area contributed by atoms with E-state index in [9.17, 15) is 29.4 Å². The molecule has 5 atom stereocenters. The second kappa shape index (κ2) is 12.8. The summed E-state index contributed by atoms with van der Waals surface area (Å²) in [4.78, 5) is 60.0. The lowest BCUT2D eigenvalue weighted by Gasteiger charge is -2.26. The van der Waals surface area contributed by atoms with Crippen LogP contribution in [-0.2, 0) is 32.0 Å². The van der Waals surface area contributed by atoms with Gasteiger partial charge in [0.2, 0.25) is 17.7 Å². The second-order valence-corrected chi connectivity index (χ2v) is 8.82. The largest absolute Gasteiger partial charge is 0.480 e. The third kappa shape index (κ3) is 7.15. The number of amides is 3. The lowest BCUT2D eigenvalue weighted by atomic mass is 10.0. The average Bonchev–Trinajstić information content (AvgIpc) is 3.55. The SMILES string of the molecule is CC(O)C(NC(=O)C(Cc1cnc[nH]1)NC(=O)C(N)CO)C(=O)NC(Cc1c[nH]c2ccccc12)C(=O)O. The van der Waals surface area contributed by atoms with Gasteiger partial charge in [-0.2, -0.15) is 0 Å². The van der Waals surface area contributed by atoms with Gasteiger partial charge in [0, 0.05) is 41.8 Å². The molecule has 10 N–H and O–H groups in total. The normalized spacial score (nSPS) is 15.2. The van der Waals surface area contributed by atoms with E-state index in [0.29, 0.717) is 11.3 Å². The van der Waals surface area contributed by atoms with Gasteiger partial charge in [-0.1, -0.05) is 18.2 Å². The van der Waals surface area contributed by atoms with Crippen LogP contribution in [0, 0.1) is 0 Å². The molecule has 0 spiro atoms. The van der Waals surface area contributed by atoms with Crippen LogP contribution in [-0.4, -0.2) is 90.8 Å². The van der Waals surface area contributed by atoms with Crippen LogP contribution in [0.3, 0.4) is 0 Å². The lowest BCUT2D eigenvalue weighted by Crippen LogP contribution is -2.60. The molecule has 0 radical (unpaired) electrons. The molecular formula is C24H31N7O7. The Bertz CT molecular complexity index is 1260. The number of nitrogens with zero attached hydrogens (tertiary/aromatic N) is 1. The molecule has 14 nitrogen and oxygen atoms in total. The first-order valence-corrected chi connectivity index (χ1v) is 11.8. The van der Waals surface area contributed by atoms with E-state index in [-0.39, 0.29) is 12.8 Å². The van der Waals surface area contributed by atoms with E-state index in [4.69, 9.17) is 10.8 Å². The molecule has 0 saturated carbocycles. The van der Waals surface area contributed by atoms with Gasteiger partial charge in [-0.15, -0.1) is 0 Å². The summed E-state index contributed by atoms with van der Waals surface area (Å²) < 4.78 is 0. The van der Waals surface area contributed by atoms with Crippen molar-refractivity contribution in [2.75, 3.05) is 6.61 Å². The highest BCUT2D eigenvalue weighted by Gasteiger charge is 2.33. The van der Waals surface area contributed by atoms with Gasteiger partial charge in [-0.25, -0.2) is 9.78 Å². The summed E-state index contributed by atoms with van der Waals surface area (Å²) in [5, 5.41) is 37.1. The fourth-order valence-electron chi connectivity index (χ4n) is 3.83. The number of nitrogens with two attached hydrogens (primary N) is 1. The number of nitrogens with one attached hydrogen (secondary N) is 5. The number of carbonyl (C=O) groups excluding carboxylic acids is 3. The molecule has 0 fully saturated rings. The van der Waals surface area contributed by atoms with Crippen molar-refractivity contribution in [3.8, 4) is 0 Å². The highest BCUT2D eigenvalue weighted by molar-refractivity contribution is 5.94. The molecule has 0 aliphatic heterocycles. The number of fused-ring (bicyclic) bond motifs is 1. The first-order chi connectivity index (χ1) is 18.1. The average molecular weight is 530 g/mol. The second-order valence-electron chi connectivity index (χ2n) is 8.82. The minimum absolute atomic E-state index is 0.0525. The summed E-state index contributed by atoms with van der Waals surface area (Å²) in [5.74, 6) is -3.89. The molecule has 2 heterocycles. The number of carboxylic acid groups (broad SMARTS) is 1. The van der Waals surface area contributed by atoms with Crippen LogP contribution in [0.25, 0.3) is 10.9 Å². The Morgan fingerprint density at radius 2 is 1.71 bits per heavy atom. The summed E-state index contributed by atoms with van der Waals surface area (Å²) in [6.45, 7) is 0.597. The van der Waals surface area contributed by atoms with Crippen LogP contribution in [0.5, 0.6) is 0 Å². The summed E-state index contributed by atoms with van der Waals surface area (Å²) in [5.41, 5.74) is 7.48. The summed E-state index contributed by atoms with van der Waals surface area (Å²) in [6, 6.07) is 1.84. The Balaban J connectivity index is 1.74. The molecule has 38 heavy (non-hydrogen) atoms. The molecular weight excluding hydrogens is 498 g/mol. The predicted molar refractivity (Wildman–Crippen MR) is 134 cm³/mol. The third-order valence-corrected chi connectivity index (χ3v) is 5.92. The molecule has 2 aromatic heterocycles. The van der Waals surface area contributed by atoms with Crippen molar-refractivity contribution in [3.05, 3.63) is 54.2 Å². The lowest BCUT2D eigenvalue weighted by molar-refractivity contribution is -0.143. The van der Waals surface area contributed by atoms with E-state index < -0.39 is 60.6 Å². The number of hydrogen-bond acceptors (Lipinski definition) is 8. The van der Waals surface area contributed by atoms with Crippen LogP contribution >= 0.6 is 0 Å². The van der Waals surface area contributed by atoms with E-state index in [1.54, 1.807) is 12.3 Å². The Kier molecular flexibility index (Phi) is 9.54. The molecule has 0 bridgehead atoms. The fourth-order valence-corrected chi connectivity index (χ4v) is 3.83. The summed E-state index contributed by atoms with van der Waals surface area (Å²) >= 11 is 0. The summed E-state index contributed by atoms with van der Waals surface area (Å²) in [7, 11) is 0. The van der Waals surface area contributed by atoms with Crippen LogP contribution in [0.1, 0.15) is 18.2 Å². The van der Waals surface area contributed by atoms with Crippen molar-refractivity contribution in [1.82, 2.24) is 30.9 Å². The third-order valence-electron chi connectivity index (χ3n) is 5.92. The van der Waals surface area contributed by atoms with E-state index >= 15 is 0 Å². The van der Waals surface area contributed by atoms with Gasteiger partial charge >= 0.3 is 5.97 Å². The number of aromatic nitrogens is 3. The molecule has 0 aliphatic carbocycles. The maximum atomic E-state index is 13.1. The van der Waals surface area contributed by atoms with Gasteiger partial charge in [0.05, 0.1) is 19.0 Å². The molecule has 3 aromatic rings. The molecule has 0 saturated heterocycles. The number of para-hydroxylation sites is 1. The van der Waals surface area contributed by atoms with Crippen molar-refractivity contribution in [3.63, 3.8) is 0 Å². The van der Waals surface area contributed by atoms with Gasteiger partial charge in [-0.05, 0) is 18.6 Å². The number of aliphatic carboxylic acids is 1. The van der Waals surface area contributed by atoms with Gasteiger partial charge in [0.25, 0.3) is 0 Å².